The fourth-order valence-electron chi connectivity index (χ4n) is 1.66. The SMILES string of the molecule is CCSCCCNCc1c(Cl)c(CC)nn1C. The molecular formula is C12H22ClN3S. The van der Waals surface area contributed by atoms with Crippen molar-refractivity contribution in [1.82, 2.24) is 15.1 Å². The van der Waals surface area contributed by atoms with Crippen LogP contribution >= 0.6 is 23.4 Å². The largest absolute Gasteiger partial charge is 0.311 e. The molecule has 1 rings (SSSR count). The zero-order valence-corrected chi connectivity index (χ0v) is 12.5. The second-order valence-electron chi connectivity index (χ2n) is 3.91. The number of hydrogen-bond donors (Lipinski definition) is 1. The second kappa shape index (κ2) is 8.01. The summed E-state index contributed by atoms with van der Waals surface area (Å²) < 4.78 is 1.88. The van der Waals surface area contributed by atoms with Crippen molar-refractivity contribution in [3.8, 4) is 0 Å². The molecule has 17 heavy (non-hydrogen) atoms. The van der Waals surface area contributed by atoms with Gasteiger partial charge in [0.2, 0.25) is 0 Å². The molecule has 0 spiro atoms. The molecule has 0 saturated carbocycles. The molecule has 0 fully saturated rings. The molecule has 1 aromatic heterocycles. The molecule has 0 radical (unpaired) electrons. The zero-order chi connectivity index (χ0) is 12.7. The molecule has 1 N–H and O–H groups in total. The van der Waals surface area contributed by atoms with Crippen LogP contribution in [-0.2, 0) is 20.0 Å². The van der Waals surface area contributed by atoms with E-state index in [-0.39, 0.29) is 0 Å². The van der Waals surface area contributed by atoms with Crippen LogP contribution in [0.1, 0.15) is 31.7 Å². The monoisotopic (exact) mass is 275 g/mol. The lowest BCUT2D eigenvalue weighted by Crippen LogP contribution is -2.17. The average Bonchev–Trinajstić information content (AvgIpc) is 2.60. The maximum absolute atomic E-state index is 6.26. The first-order valence-corrected chi connectivity index (χ1v) is 7.72. The van der Waals surface area contributed by atoms with Gasteiger partial charge in [0, 0.05) is 13.6 Å². The minimum atomic E-state index is 0.805. The molecule has 98 valence electrons. The maximum Gasteiger partial charge on any atom is 0.0863 e. The third kappa shape index (κ3) is 4.53. The van der Waals surface area contributed by atoms with Gasteiger partial charge in [-0.25, -0.2) is 0 Å². The molecule has 1 heterocycles. The van der Waals surface area contributed by atoms with Crippen molar-refractivity contribution in [1.29, 1.82) is 0 Å². The van der Waals surface area contributed by atoms with Gasteiger partial charge < -0.3 is 5.32 Å². The van der Waals surface area contributed by atoms with Crippen molar-refractivity contribution in [2.75, 3.05) is 18.1 Å². The molecule has 0 saturated heterocycles. The second-order valence-corrected chi connectivity index (χ2v) is 5.68. The lowest BCUT2D eigenvalue weighted by molar-refractivity contribution is 0.619. The van der Waals surface area contributed by atoms with Gasteiger partial charge in [0.05, 0.1) is 16.4 Å². The summed E-state index contributed by atoms with van der Waals surface area (Å²) in [5.41, 5.74) is 2.08. The van der Waals surface area contributed by atoms with Crippen LogP contribution in [0.2, 0.25) is 5.02 Å². The number of aryl methyl sites for hydroxylation is 2. The number of nitrogens with zero attached hydrogens (tertiary/aromatic N) is 2. The highest BCUT2D eigenvalue weighted by atomic mass is 35.5. The molecule has 0 amide bonds. The molecule has 0 aromatic carbocycles. The van der Waals surface area contributed by atoms with Gasteiger partial charge in [-0.1, -0.05) is 25.4 Å². The zero-order valence-electron chi connectivity index (χ0n) is 10.9. The first-order chi connectivity index (χ1) is 8.20. The van der Waals surface area contributed by atoms with Gasteiger partial charge in [0.1, 0.15) is 0 Å². The van der Waals surface area contributed by atoms with Gasteiger partial charge in [0.25, 0.3) is 0 Å². The van der Waals surface area contributed by atoms with Crippen molar-refractivity contribution in [2.45, 2.75) is 33.2 Å². The van der Waals surface area contributed by atoms with E-state index in [0.29, 0.717) is 0 Å². The Labute approximate surface area is 113 Å². The summed E-state index contributed by atoms with van der Waals surface area (Å²) in [7, 11) is 1.95. The van der Waals surface area contributed by atoms with Gasteiger partial charge in [-0.15, -0.1) is 0 Å². The Bertz CT molecular complexity index is 339. The van der Waals surface area contributed by atoms with E-state index in [2.05, 4.69) is 24.3 Å². The van der Waals surface area contributed by atoms with Crippen molar-refractivity contribution >= 4 is 23.4 Å². The van der Waals surface area contributed by atoms with E-state index in [1.165, 1.54) is 17.9 Å². The number of thioether (sulfide) groups is 1. The van der Waals surface area contributed by atoms with E-state index < -0.39 is 0 Å². The standard InChI is InChI=1S/C12H22ClN3S/c1-4-10-12(13)11(16(3)15-10)9-14-7-6-8-17-5-2/h14H,4-9H2,1-3H3. The summed E-state index contributed by atoms with van der Waals surface area (Å²) >= 11 is 8.25. The molecule has 0 aliphatic carbocycles. The minimum absolute atomic E-state index is 0.805. The van der Waals surface area contributed by atoms with Crippen LogP contribution in [0, 0.1) is 0 Å². The predicted molar refractivity (Wildman–Crippen MR) is 76.9 cm³/mol. The van der Waals surface area contributed by atoms with Crippen LogP contribution in [0.15, 0.2) is 0 Å². The van der Waals surface area contributed by atoms with Crippen LogP contribution in [0.5, 0.6) is 0 Å². The molecule has 0 unspecified atom stereocenters. The fourth-order valence-corrected chi connectivity index (χ4v) is 2.66. The summed E-state index contributed by atoms with van der Waals surface area (Å²) in [5.74, 6) is 2.43. The van der Waals surface area contributed by atoms with Gasteiger partial charge in [0.15, 0.2) is 0 Å². The molecule has 0 aliphatic rings. The van der Waals surface area contributed by atoms with Crippen LogP contribution in [0.3, 0.4) is 0 Å². The van der Waals surface area contributed by atoms with E-state index in [4.69, 9.17) is 11.6 Å². The van der Waals surface area contributed by atoms with Crippen LogP contribution in [0.4, 0.5) is 0 Å². The third-order valence-electron chi connectivity index (χ3n) is 2.64. The quantitative estimate of drug-likeness (QED) is 0.740. The molecule has 3 nitrogen and oxygen atoms in total. The number of halogens is 1. The van der Waals surface area contributed by atoms with Crippen LogP contribution in [-0.4, -0.2) is 27.8 Å². The van der Waals surface area contributed by atoms with E-state index in [1.807, 2.05) is 23.5 Å². The summed E-state index contributed by atoms with van der Waals surface area (Å²) in [5, 5.41) is 8.64. The Hall–Kier alpha value is -0.190. The van der Waals surface area contributed by atoms with E-state index in [9.17, 15) is 0 Å². The van der Waals surface area contributed by atoms with Gasteiger partial charge in [-0.3, -0.25) is 4.68 Å². The summed E-state index contributed by atoms with van der Waals surface area (Å²) in [6.07, 6.45) is 2.09. The summed E-state index contributed by atoms with van der Waals surface area (Å²) in [6, 6.07) is 0. The maximum atomic E-state index is 6.26. The van der Waals surface area contributed by atoms with E-state index in [0.717, 1.165) is 35.9 Å². The third-order valence-corrected chi connectivity index (χ3v) is 4.06. The minimum Gasteiger partial charge on any atom is -0.311 e. The molecule has 1 aromatic rings. The van der Waals surface area contributed by atoms with Crippen LogP contribution in [0.25, 0.3) is 0 Å². The van der Waals surface area contributed by atoms with Gasteiger partial charge in [-0.2, -0.15) is 16.9 Å². The molecular weight excluding hydrogens is 254 g/mol. The lowest BCUT2D eigenvalue weighted by Gasteiger charge is -2.05. The van der Waals surface area contributed by atoms with Crippen molar-refractivity contribution in [2.24, 2.45) is 7.05 Å². The fraction of sp³-hybridized carbons (Fsp3) is 0.750. The Balaban J connectivity index is 2.34. The van der Waals surface area contributed by atoms with E-state index in [1.54, 1.807) is 0 Å². The van der Waals surface area contributed by atoms with Gasteiger partial charge >= 0.3 is 0 Å². The van der Waals surface area contributed by atoms with Crippen LogP contribution < -0.4 is 5.32 Å². The first kappa shape index (κ1) is 14.9. The number of rotatable bonds is 8. The number of nitrogens with one attached hydrogen (secondary N) is 1. The Morgan fingerprint density at radius 2 is 2.18 bits per heavy atom. The van der Waals surface area contributed by atoms with Crippen molar-refractivity contribution in [3.63, 3.8) is 0 Å². The normalized spacial score (nSPS) is 11.1. The van der Waals surface area contributed by atoms with Crippen molar-refractivity contribution < 1.29 is 0 Å². The molecule has 0 atom stereocenters. The number of aromatic nitrogens is 2. The highest BCUT2D eigenvalue weighted by molar-refractivity contribution is 7.99. The summed E-state index contributed by atoms with van der Waals surface area (Å²) in [4.78, 5) is 0. The highest BCUT2D eigenvalue weighted by Gasteiger charge is 2.11. The lowest BCUT2D eigenvalue weighted by atomic mass is 10.3. The highest BCUT2D eigenvalue weighted by Crippen LogP contribution is 2.20. The summed E-state index contributed by atoms with van der Waals surface area (Å²) in [6.45, 7) is 6.11. The van der Waals surface area contributed by atoms with Gasteiger partial charge in [-0.05, 0) is 30.9 Å². The first-order valence-electron chi connectivity index (χ1n) is 6.19. The van der Waals surface area contributed by atoms with E-state index >= 15 is 0 Å². The Kier molecular flexibility index (Phi) is 7.00. The smallest absolute Gasteiger partial charge is 0.0863 e. The molecule has 5 heteroatoms. The molecule has 0 bridgehead atoms. The number of hydrogen-bond acceptors (Lipinski definition) is 3. The average molecular weight is 276 g/mol. The topological polar surface area (TPSA) is 29.9 Å². The Morgan fingerprint density at radius 3 is 2.76 bits per heavy atom. The Morgan fingerprint density at radius 1 is 1.41 bits per heavy atom. The molecule has 0 aliphatic heterocycles. The predicted octanol–water partition coefficient (Wildman–Crippen LogP) is 2.87. The van der Waals surface area contributed by atoms with Crippen molar-refractivity contribution in [3.05, 3.63) is 16.4 Å².